The molecule has 0 atom stereocenters. The zero-order valence-corrected chi connectivity index (χ0v) is 12.9. The second-order valence-electron chi connectivity index (χ2n) is 5.78. The van der Waals surface area contributed by atoms with Crippen LogP contribution in [-0.4, -0.2) is 21.5 Å². The molecule has 4 nitrogen and oxygen atoms in total. The normalized spacial score (nSPS) is 12.3. The summed E-state index contributed by atoms with van der Waals surface area (Å²) in [5.41, 5.74) is 7.97. The molecule has 2 heterocycles. The van der Waals surface area contributed by atoms with Crippen molar-refractivity contribution in [3.63, 3.8) is 0 Å². The van der Waals surface area contributed by atoms with E-state index in [1.165, 1.54) is 0 Å². The van der Waals surface area contributed by atoms with Crippen LogP contribution in [0.15, 0.2) is 24.5 Å². The van der Waals surface area contributed by atoms with E-state index in [0.29, 0.717) is 12.5 Å². The summed E-state index contributed by atoms with van der Waals surface area (Å²) < 4.78 is 7.97. The molecule has 0 aliphatic heterocycles. The third-order valence-corrected chi connectivity index (χ3v) is 3.98. The lowest BCUT2D eigenvalue weighted by Gasteiger charge is -2.26. The van der Waals surface area contributed by atoms with Gasteiger partial charge in [0.15, 0.2) is 11.4 Å². The van der Waals surface area contributed by atoms with E-state index < -0.39 is 0 Å². The number of nitrogens with two attached hydrogens (primary N) is 1. The molecule has 0 radical (unpaired) electrons. The van der Waals surface area contributed by atoms with Crippen LogP contribution in [0.5, 0.6) is 5.75 Å². The van der Waals surface area contributed by atoms with Gasteiger partial charge >= 0.3 is 0 Å². The van der Waals surface area contributed by atoms with E-state index in [1.54, 1.807) is 0 Å². The number of aromatic nitrogens is 2. The van der Waals surface area contributed by atoms with E-state index in [2.05, 4.69) is 38.9 Å². The summed E-state index contributed by atoms with van der Waals surface area (Å²) >= 11 is 0. The van der Waals surface area contributed by atoms with Crippen LogP contribution in [0.4, 0.5) is 0 Å². The average molecular weight is 275 g/mol. The molecule has 2 rings (SSSR count). The van der Waals surface area contributed by atoms with Crippen molar-refractivity contribution in [2.45, 2.75) is 52.0 Å². The van der Waals surface area contributed by atoms with Crippen molar-refractivity contribution in [3.05, 3.63) is 30.2 Å². The zero-order valence-electron chi connectivity index (χ0n) is 12.9. The fourth-order valence-corrected chi connectivity index (χ4v) is 2.07. The van der Waals surface area contributed by atoms with Crippen LogP contribution in [-0.2, 0) is 0 Å². The number of imidazole rings is 1. The summed E-state index contributed by atoms with van der Waals surface area (Å²) in [6.07, 6.45) is 5.86. The summed E-state index contributed by atoms with van der Waals surface area (Å²) in [7, 11) is 0. The van der Waals surface area contributed by atoms with Crippen molar-refractivity contribution in [2.24, 2.45) is 5.73 Å². The molecule has 0 spiro atoms. The van der Waals surface area contributed by atoms with Crippen LogP contribution in [0.1, 0.15) is 52.1 Å². The topological polar surface area (TPSA) is 52.5 Å². The Kier molecular flexibility index (Phi) is 4.33. The summed E-state index contributed by atoms with van der Waals surface area (Å²) in [6.45, 7) is 8.99. The molecular weight excluding hydrogens is 250 g/mol. The zero-order chi connectivity index (χ0) is 14.8. The average Bonchev–Trinajstić information content (AvgIpc) is 2.89. The summed E-state index contributed by atoms with van der Waals surface area (Å²) in [5, 5.41) is 0. The molecule has 0 aliphatic carbocycles. The van der Waals surface area contributed by atoms with Gasteiger partial charge in [0.05, 0.1) is 5.69 Å². The molecular formula is C16H25N3O. The molecule has 0 saturated heterocycles. The van der Waals surface area contributed by atoms with Gasteiger partial charge in [-0.25, -0.2) is 4.98 Å². The number of nitrogens with zero attached hydrogens (tertiary/aromatic N) is 2. The number of fused-ring (bicyclic) bond motifs is 1. The van der Waals surface area contributed by atoms with Crippen molar-refractivity contribution in [2.75, 3.05) is 6.61 Å². The molecule has 0 saturated carbocycles. The molecule has 110 valence electrons. The maximum absolute atomic E-state index is 6.29. The first kappa shape index (κ1) is 14.9. The Bertz CT molecular complexity index is 570. The van der Waals surface area contributed by atoms with Crippen LogP contribution in [0, 0.1) is 0 Å². The van der Waals surface area contributed by atoms with E-state index >= 15 is 0 Å². The highest BCUT2D eigenvalue weighted by molar-refractivity contribution is 5.54. The van der Waals surface area contributed by atoms with E-state index in [0.717, 1.165) is 29.9 Å². The Balaban J connectivity index is 2.26. The van der Waals surface area contributed by atoms with Gasteiger partial charge in [-0.05, 0) is 30.9 Å². The van der Waals surface area contributed by atoms with Crippen LogP contribution >= 0.6 is 0 Å². The highest BCUT2D eigenvalue weighted by Crippen LogP contribution is 2.23. The van der Waals surface area contributed by atoms with Crippen LogP contribution in [0.25, 0.3) is 5.65 Å². The fraction of sp³-hybridized carbons (Fsp3) is 0.562. The van der Waals surface area contributed by atoms with Gasteiger partial charge in [0.1, 0.15) is 6.61 Å². The van der Waals surface area contributed by atoms with Gasteiger partial charge in [0.2, 0.25) is 0 Å². The fourth-order valence-electron chi connectivity index (χ4n) is 2.07. The highest BCUT2D eigenvalue weighted by Gasteiger charge is 2.22. The largest absolute Gasteiger partial charge is 0.488 e. The Hall–Kier alpha value is -1.55. The third-order valence-electron chi connectivity index (χ3n) is 3.98. The quantitative estimate of drug-likeness (QED) is 0.879. The minimum atomic E-state index is -0.264. The molecule has 0 unspecified atom stereocenters. The lowest BCUT2D eigenvalue weighted by atomic mass is 9.96. The Morgan fingerprint density at radius 1 is 1.35 bits per heavy atom. The lowest BCUT2D eigenvalue weighted by Crippen LogP contribution is -2.44. The standard InChI is InChI=1S/C16H25N3O/c1-5-16(17,6-2)11-20-14-8-7-9-19-10-13(12(3)4)18-15(14)19/h7-10,12H,5-6,11,17H2,1-4H3. The molecule has 0 aromatic carbocycles. The molecule has 2 aromatic heterocycles. The van der Waals surface area contributed by atoms with Crippen molar-refractivity contribution >= 4 is 5.65 Å². The second kappa shape index (κ2) is 5.83. The first-order valence-corrected chi connectivity index (χ1v) is 7.38. The van der Waals surface area contributed by atoms with E-state index in [9.17, 15) is 0 Å². The van der Waals surface area contributed by atoms with Crippen molar-refractivity contribution in [1.82, 2.24) is 9.38 Å². The third kappa shape index (κ3) is 2.96. The molecule has 0 amide bonds. The maximum Gasteiger partial charge on any atom is 0.179 e. The van der Waals surface area contributed by atoms with Gasteiger partial charge in [-0.15, -0.1) is 0 Å². The first-order chi connectivity index (χ1) is 9.49. The maximum atomic E-state index is 6.29. The first-order valence-electron chi connectivity index (χ1n) is 7.38. The minimum absolute atomic E-state index is 0.264. The monoisotopic (exact) mass is 275 g/mol. The summed E-state index contributed by atoms with van der Waals surface area (Å²) in [4.78, 5) is 4.66. The number of hydrogen-bond donors (Lipinski definition) is 1. The van der Waals surface area contributed by atoms with Crippen molar-refractivity contribution in [3.8, 4) is 5.75 Å². The molecule has 2 N–H and O–H groups in total. The van der Waals surface area contributed by atoms with Crippen LogP contribution in [0.3, 0.4) is 0 Å². The summed E-state index contributed by atoms with van der Waals surface area (Å²) in [6, 6.07) is 3.93. The van der Waals surface area contributed by atoms with Gasteiger partial charge in [-0.1, -0.05) is 27.7 Å². The molecule has 20 heavy (non-hydrogen) atoms. The van der Waals surface area contributed by atoms with Gasteiger partial charge < -0.3 is 14.9 Å². The van der Waals surface area contributed by atoms with Crippen molar-refractivity contribution in [1.29, 1.82) is 0 Å². The van der Waals surface area contributed by atoms with Gasteiger partial charge in [-0.3, -0.25) is 0 Å². The van der Waals surface area contributed by atoms with E-state index in [1.807, 2.05) is 22.7 Å². The number of rotatable bonds is 6. The number of pyridine rings is 1. The Labute approximate surface area is 121 Å². The smallest absolute Gasteiger partial charge is 0.179 e. The van der Waals surface area contributed by atoms with Gasteiger partial charge in [-0.2, -0.15) is 0 Å². The number of hydrogen-bond acceptors (Lipinski definition) is 3. The number of ether oxygens (including phenoxy) is 1. The highest BCUT2D eigenvalue weighted by atomic mass is 16.5. The molecule has 2 aromatic rings. The lowest BCUT2D eigenvalue weighted by molar-refractivity contribution is 0.208. The van der Waals surface area contributed by atoms with Crippen LogP contribution < -0.4 is 10.5 Å². The second-order valence-corrected chi connectivity index (χ2v) is 5.78. The van der Waals surface area contributed by atoms with Gasteiger partial charge in [0, 0.05) is 17.9 Å². The van der Waals surface area contributed by atoms with E-state index in [-0.39, 0.29) is 5.54 Å². The molecule has 0 bridgehead atoms. The Morgan fingerprint density at radius 3 is 2.65 bits per heavy atom. The molecule has 4 heteroatoms. The van der Waals surface area contributed by atoms with E-state index in [4.69, 9.17) is 10.5 Å². The summed E-state index contributed by atoms with van der Waals surface area (Å²) in [5.74, 6) is 1.21. The SMILES string of the molecule is CCC(N)(CC)COc1cccn2cc(C(C)C)nc12. The Morgan fingerprint density at radius 2 is 2.05 bits per heavy atom. The molecule has 0 aliphatic rings. The van der Waals surface area contributed by atoms with Gasteiger partial charge in [0.25, 0.3) is 0 Å². The predicted molar refractivity (Wildman–Crippen MR) is 82.3 cm³/mol. The minimum Gasteiger partial charge on any atom is -0.488 e. The van der Waals surface area contributed by atoms with Crippen molar-refractivity contribution < 1.29 is 4.74 Å². The predicted octanol–water partition coefficient (Wildman–Crippen LogP) is 3.35. The molecule has 0 fully saturated rings. The van der Waals surface area contributed by atoms with Crippen LogP contribution in [0.2, 0.25) is 0 Å².